The van der Waals surface area contributed by atoms with E-state index in [0.29, 0.717) is 13.2 Å². The van der Waals surface area contributed by atoms with Crippen molar-refractivity contribution in [2.45, 2.75) is 26.0 Å². The first-order valence-electron chi connectivity index (χ1n) is 5.62. The lowest BCUT2D eigenvalue weighted by molar-refractivity contribution is -0.0388. The largest absolute Gasteiger partial charge is 0.375 e. The molecule has 0 radical (unpaired) electrons. The van der Waals surface area contributed by atoms with Gasteiger partial charge in [0.15, 0.2) is 0 Å². The highest BCUT2D eigenvalue weighted by Gasteiger charge is 2.29. The molecule has 2 rings (SSSR count). The molecule has 0 spiro atoms. The van der Waals surface area contributed by atoms with Crippen LogP contribution in [-0.2, 0) is 4.74 Å². The summed E-state index contributed by atoms with van der Waals surface area (Å²) >= 11 is 0. The van der Waals surface area contributed by atoms with Crippen molar-refractivity contribution in [2.75, 3.05) is 13.2 Å². The van der Waals surface area contributed by atoms with E-state index < -0.39 is 5.95 Å². The monoisotopic (exact) mass is 238 g/mol. The number of pyridine rings is 1. The summed E-state index contributed by atoms with van der Waals surface area (Å²) in [5, 5.41) is 0. The predicted molar refractivity (Wildman–Crippen MR) is 60.1 cm³/mol. The van der Waals surface area contributed by atoms with E-state index in [1.165, 1.54) is 12.3 Å². The van der Waals surface area contributed by atoms with Crippen molar-refractivity contribution in [1.29, 1.82) is 0 Å². The van der Waals surface area contributed by atoms with Crippen LogP contribution in [0, 0.1) is 5.95 Å². The number of carbonyl (C=O) groups excluding carboxylic acids is 1. The average molecular weight is 238 g/mol. The van der Waals surface area contributed by atoms with Crippen LogP contribution in [0.1, 0.15) is 24.2 Å². The summed E-state index contributed by atoms with van der Waals surface area (Å²) in [6.07, 6.45) is 1.31. The molecule has 0 saturated carbocycles. The Labute approximate surface area is 99.4 Å². The smallest absolute Gasteiger partial charge is 0.258 e. The normalized spacial score (nSPS) is 24.8. The van der Waals surface area contributed by atoms with Gasteiger partial charge in [-0.05, 0) is 26.0 Å². The molecule has 5 heteroatoms. The number of ether oxygens (including phenoxy) is 1. The third-order valence-corrected chi connectivity index (χ3v) is 2.86. The molecule has 0 bridgehead atoms. The minimum absolute atomic E-state index is 0.0186. The van der Waals surface area contributed by atoms with E-state index in [1.54, 1.807) is 11.0 Å². The quantitative estimate of drug-likeness (QED) is 0.696. The second-order valence-corrected chi connectivity index (χ2v) is 4.29. The molecule has 1 fully saturated rings. The number of rotatable bonds is 1. The van der Waals surface area contributed by atoms with Gasteiger partial charge in [-0.2, -0.15) is 4.39 Å². The van der Waals surface area contributed by atoms with Crippen LogP contribution in [0.15, 0.2) is 18.3 Å². The van der Waals surface area contributed by atoms with Crippen LogP contribution in [-0.4, -0.2) is 41.1 Å². The summed E-state index contributed by atoms with van der Waals surface area (Å²) < 4.78 is 18.9. The summed E-state index contributed by atoms with van der Waals surface area (Å²) in [7, 11) is 0. The molecule has 1 aliphatic heterocycles. The topological polar surface area (TPSA) is 42.4 Å². The van der Waals surface area contributed by atoms with Crippen LogP contribution in [0.4, 0.5) is 4.39 Å². The maximum Gasteiger partial charge on any atom is 0.258 e. The predicted octanol–water partition coefficient (Wildman–Crippen LogP) is 1.47. The van der Waals surface area contributed by atoms with E-state index >= 15 is 0 Å². The SMILES string of the molecule is CC1CN(C(=O)c2cccnc2F)C(C)CO1. The fourth-order valence-electron chi connectivity index (χ4n) is 1.89. The van der Waals surface area contributed by atoms with Crippen molar-refractivity contribution in [1.82, 2.24) is 9.88 Å². The van der Waals surface area contributed by atoms with Crippen LogP contribution in [0.2, 0.25) is 0 Å². The molecule has 1 aromatic heterocycles. The van der Waals surface area contributed by atoms with E-state index in [4.69, 9.17) is 4.74 Å². The molecule has 1 aromatic rings. The van der Waals surface area contributed by atoms with Crippen molar-refractivity contribution in [3.05, 3.63) is 29.8 Å². The molecule has 1 aliphatic rings. The number of halogens is 1. The van der Waals surface area contributed by atoms with Gasteiger partial charge in [0.1, 0.15) is 0 Å². The first kappa shape index (κ1) is 12.0. The first-order valence-corrected chi connectivity index (χ1v) is 5.62. The highest BCUT2D eigenvalue weighted by atomic mass is 19.1. The minimum Gasteiger partial charge on any atom is -0.375 e. The molecular formula is C12H15FN2O2. The van der Waals surface area contributed by atoms with Gasteiger partial charge >= 0.3 is 0 Å². The summed E-state index contributed by atoms with van der Waals surface area (Å²) in [4.78, 5) is 17.3. The van der Waals surface area contributed by atoms with Crippen molar-refractivity contribution in [3.63, 3.8) is 0 Å². The Hall–Kier alpha value is -1.49. The average Bonchev–Trinajstić information content (AvgIpc) is 2.32. The Morgan fingerprint density at radius 2 is 2.35 bits per heavy atom. The zero-order chi connectivity index (χ0) is 12.4. The Kier molecular flexibility index (Phi) is 3.38. The van der Waals surface area contributed by atoms with Gasteiger partial charge in [-0.3, -0.25) is 4.79 Å². The van der Waals surface area contributed by atoms with Crippen LogP contribution in [0.25, 0.3) is 0 Å². The zero-order valence-corrected chi connectivity index (χ0v) is 9.89. The van der Waals surface area contributed by atoms with Crippen LogP contribution in [0.5, 0.6) is 0 Å². The molecule has 2 heterocycles. The fourth-order valence-corrected chi connectivity index (χ4v) is 1.89. The second kappa shape index (κ2) is 4.79. The van der Waals surface area contributed by atoms with Crippen LogP contribution in [0.3, 0.4) is 0 Å². The van der Waals surface area contributed by atoms with Crippen molar-refractivity contribution < 1.29 is 13.9 Å². The third kappa shape index (κ3) is 2.44. The lowest BCUT2D eigenvalue weighted by Crippen LogP contribution is -2.50. The van der Waals surface area contributed by atoms with Gasteiger partial charge in [-0.25, -0.2) is 4.98 Å². The lowest BCUT2D eigenvalue weighted by Gasteiger charge is -2.36. The van der Waals surface area contributed by atoms with E-state index in [2.05, 4.69) is 4.98 Å². The van der Waals surface area contributed by atoms with Crippen LogP contribution >= 0.6 is 0 Å². The van der Waals surface area contributed by atoms with E-state index in [-0.39, 0.29) is 23.6 Å². The molecule has 1 saturated heterocycles. The minimum atomic E-state index is -0.719. The number of carbonyl (C=O) groups is 1. The number of amides is 1. The maximum absolute atomic E-state index is 13.4. The number of hydrogen-bond acceptors (Lipinski definition) is 3. The summed E-state index contributed by atoms with van der Waals surface area (Å²) in [5.74, 6) is -1.04. The number of aromatic nitrogens is 1. The summed E-state index contributed by atoms with van der Waals surface area (Å²) in [5.41, 5.74) is 0.0217. The van der Waals surface area contributed by atoms with Gasteiger partial charge in [-0.15, -0.1) is 0 Å². The van der Waals surface area contributed by atoms with Crippen molar-refractivity contribution >= 4 is 5.91 Å². The van der Waals surface area contributed by atoms with Gasteiger partial charge in [0.25, 0.3) is 5.91 Å². The third-order valence-electron chi connectivity index (χ3n) is 2.86. The second-order valence-electron chi connectivity index (χ2n) is 4.29. The molecule has 0 aliphatic carbocycles. The van der Waals surface area contributed by atoms with E-state index in [1.807, 2.05) is 13.8 Å². The molecule has 4 nitrogen and oxygen atoms in total. The van der Waals surface area contributed by atoms with Gasteiger partial charge in [0.2, 0.25) is 5.95 Å². The number of hydrogen-bond donors (Lipinski definition) is 0. The van der Waals surface area contributed by atoms with Gasteiger partial charge in [0, 0.05) is 12.7 Å². The molecule has 1 amide bonds. The summed E-state index contributed by atoms with van der Waals surface area (Å²) in [6.45, 7) is 4.74. The molecule has 0 N–H and O–H groups in total. The maximum atomic E-state index is 13.4. The molecular weight excluding hydrogens is 223 g/mol. The Bertz CT molecular complexity index is 425. The molecule has 2 atom stereocenters. The first-order chi connectivity index (χ1) is 8.09. The number of nitrogens with zero attached hydrogens (tertiary/aromatic N) is 2. The molecule has 0 aromatic carbocycles. The summed E-state index contributed by atoms with van der Waals surface area (Å²) in [6, 6.07) is 2.97. The van der Waals surface area contributed by atoms with Gasteiger partial charge in [-0.1, -0.05) is 0 Å². The van der Waals surface area contributed by atoms with E-state index in [0.717, 1.165) is 0 Å². The Morgan fingerprint density at radius 3 is 3.06 bits per heavy atom. The molecule has 17 heavy (non-hydrogen) atoms. The molecule has 2 unspecified atom stereocenters. The van der Waals surface area contributed by atoms with Crippen LogP contribution < -0.4 is 0 Å². The number of morpholine rings is 1. The Morgan fingerprint density at radius 1 is 1.59 bits per heavy atom. The fraction of sp³-hybridized carbons (Fsp3) is 0.500. The van der Waals surface area contributed by atoms with Crippen molar-refractivity contribution in [2.24, 2.45) is 0 Å². The molecule has 92 valence electrons. The van der Waals surface area contributed by atoms with Gasteiger partial charge in [0.05, 0.1) is 24.3 Å². The van der Waals surface area contributed by atoms with E-state index in [9.17, 15) is 9.18 Å². The van der Waals surface area contributed by atoms with Gasteiger partial charge < -0.3 is 9.64 Å². The zero-order valence-electron chi connectivity index (χ0n) is 9.89. The highest BCUT2D eigenvalue weighted by Crippen LogP contribution is 2.16. The highest BCUT2D eigenvalue weighted by molar-refractivity contribution is 5.94. The lowest BCUT2D eigenvalue weighted by atomic mass is 10.1. The Balaban J connectivity index is 2.22. The standard InChI is InChI=1S/C12H15FN2O2/c1-8-7-17-9(2)6-15(8)12(16)10-4-3-5-14-11(10)13/h3-5,8-9H,6-7H2,1-2H3. The van der Waals surface area contributed by atoms with Crippen molar-refractivity contribution in [3.8, 4) is 0 Å².